The quantitative estimate of drug-likeness (QED) is 0.819. The molecule has 0 aliphatic rings. The van der Waals surface area contributed by atoms with Gasteiger partial charge in [0.1, 0.15) is 0 Å². The minimum absolute atomic E-state index is 0.182. The molecule has 3 nitrogen and oxygen atoms in total. The third-order valence-electron chi connectivity index (χ3n) is 2.80. The van der Waals surface area contributed by atoms with E-state index in [1.807, 2.05) is 26.0 Å². The predicted molar refractivity (Wildman–Crippen MR) is 79.7 cm³/mol. The van der Waals surface area contributed by atoms with Crippen molar-refractivity contribution >= 4 is 28.9 Å². The Morgan fingerprint density at radius 2 is 1.89 bits per heavy atom. The Labute approximate surface area is 117 Å². The molecule has 0 fully saturated rings. The number of nitrogens with two attached hydrogens (primary N) is 1. The van der Waals surface area contributed by atoms with Gasteiger partial charge in [-0.1, -0.05) is 11.6 Å². The third-order valence-corrected chi connectivity index (χ3v) is 3.02. The molecule has 0 heterocycles. The first-order valence-electron chi connectivity index (χ1n) is 5.90. The molecule has 0 spiro atoms. The molecule has 0 aliphatic heterocycles. The highest BCUT2D eigenvalue weighted by atomic mass is 35.5. The van der Waals surface area contributed by atoms with Crippen molar-refractivity contribution in [3.63, 3.8) is 0 Å². The van der Waals surface area contributed by atoms with Crippen molar-refractivity contribution in [3.8, 4) is 0 Å². The van der Waals surface area contributed by atoms with E-state index >= 15 is 0 Å². The second kappa shape index (κ2) is 5.33. The van der Waals surface area contributed by atoms with Crippen LogP contribution in [0.4, 0.5) is 11.4 Å². The molecule has 0 radical (unpaired) electrons. The smallest absolute Gasteiger partial charge is 0.255 e. The molecule has 0 saturated heterocycles. The second-order valence-electron chi connectivity index (χ2n) is 4.55. The van der Waals surface area contributed by atoms with Crippen molar-refractivity contribution in [3.05, 3.63) is 58.1 Å². The van der Waals surface area contributed by atoms with Gasteiger partial charge in [0.05, 0.1) is 0 Å². The first kappa shape index (κ1) is 13.4. The largest absolute Gasteiger partial charge is 0.399 e. The summed E-state index contributed by atoms with van der Waals surface area (Å²) < 4.78 is 0. The van der Waals surface area contributed by atoms with Gasteiger partial charge in [0, 0.05) is 22.0 Å². The maximum Gasteiger partial charge on any atom is 0.255 e. The number of anilines is 2. The molecule has 1 amide bonds. The summed E-state index contributed by atoms with van der Waals surface area (Å²) in [7, 11) is 0. The van der Waals surface area contributed by atoms with Crippen LogP contribution in [0.3, 0.4) is 0 Å². The van der Waals surface area contributed by atoms with E-state index in [1.165, 1.54) is 0 Å². The molecule has 0 aliphatic carbocycles. The van der Waals surface area contributed by atoms with Gasteiger partial charge in [-0.25, -0.2) is 0 Å². The van der Waals surface area contributed by atoms with Gasteiger partial charge in [0.25, 0.3) is 5.91 Å². The SMILES string of the molecule is Cc1cc(Cl)cc(C(=O)Nc2ccc(N)cc2C)c1. The number of hydrogen-bond donors (Lipinski definition) is 2. The average Bonchev–Trinajstić information content (AvgIpc) is 2.31. The van der Waals surface area contributed by atoms with Gasteiger partial charge >= 0.3 is 0 Å². The summed E-state index contributed by atoms with van der Waals surface area (Å²) in [5, 5.41) is 3.41. The highest BCUT2D eigenvalue weighted by molar-refractivity contribution is 6.31. The van der Waals surface area contributed by atoms with E-state index in [4.69, 9.17) is 17.3 Å². The van der Waals surface area contributed by atoms with Gasteiger partial charge in [0.15, 0.2) is 0 Å². The van der Waals surface area contributed by atoms with Gasteiger partial charge in [-0.05, 0) is 61.4 Å². The Kier molecular flexibility index (Phi) is 3.76. The van der Waals surface area contributed by atoms with Crippen LogP contribution >= 0.6 is 11.6 Å². The van der Waals surface area contributed by atoms with E-state index in [2.05, 4.69) is 5.32 Å². The lowest BCUT2D eigenvalue weighted by atomic mass is 10.1. The van der Waals surface area contributed by atoms with E-state index in [0.717, 1.165) is 16.8 Å². The van der Waals surface area contributed by atoms with Gasteiger partial charge < -0.3 is 11.1 Å². The van der Waals surface area contributed by atoms with Crippen molar-refractivity contribution in [2.45, 2.75) is 13.8 Å². The van der Waals surface area contributed by atoms with E-state index in [-0.39, 0.29) is 5.91 Å². The first-order chi connectivity index (χ1) is 8.95. The van der Waals surface area contributed by atoms with E-state index < -0.39 is 0 Å². The molecule has 98 valence electrons. The second-order valence-corrected chi connectivity index (χ2v) is 4.98. The van der Waals surface area contributed by atoms with E-state index in [9.17, 15) is 4.79 Å². The van der Waals surface area contributed by atoms with Crippen LogP contribution in [-0.4, -0.2) is 5.91 Å². The summed E-state index contributed by atoms with van der Waals surface area (Å²) in [4.78, 5) is 12.2. The zero-order valence-electron chi connectivity index (χ0n) is 10.8. The highest BCUT2D eigenvalue weighted by Crippen LogP contribution is 2.20. The number of halogens is 1. The minimum atomic E-state index is -0.182. The van der Waals surface area contributed by atoms with Crippen molar-refractivity contribution in [2.75, 3.05) is 11.1 Å². The molecule has 0 bridgehead atoms. The zero-order chi connectivity index (χ0) is 14.0. The number of carbonyl (C=O) groups excluding carboxylic acids is 1. The Morgan fingerprint density at radius 3 is 2.53 bits per heavy atom. The van der Waals surface area contributed by atoms with Gasteiger partial charge in [0.2, 0.25) is 0 Å². The van der Waals surface area contributed by atoms with Gasteiger partial charge in [-0.15, -0.1) is 0 Å². The topological polar surface area (TPSA) is 55.1 Å². The molecule has 3 N–H and O–H groups in total. The summed E-state index contributed by atoms with van der Waals surface area (Å²) in [5.74, 6) is -0.182. The number of hydrogen-bond acceptors (Lipinski definition) is 2. The van der Waals surface area contributed by atoms with E-state index in [1.54, 1.807) is 24.3 Å². The van der Waals surface area contributed by atoms with Crippen LogP contribution in [0.25, 0.3) is 0 Å². The van der Waals surface area contributed by atoms with Crippen molar-refractivity contribution in [2.24, 2.45) is 0 Å². The fourth-order valence-electron chi connectivity index (χ4n) is 1.89. The fourth-order valence-corrected chi connectivity index (χ4v) is 2.18. The molecule has 2 aromatic rings. The van der Waals surface area contributed by atoms with Crippen LogP contribution in [0, 0.1) is 13.8 Å². The number of nitrogen functional groups attached to an aromatic ring is 1. The maximum atomic E-state index is 12.2. The molecule has 0 saturated carbocycles. The lowest BCUT2D eigenvalue weighted by molar-refractivity contribution is 0.102. The van der Waals surface area contributed by atoms with Crippen molar-refractivity contribution in [1.82, 2.24) is 0 Å². The predicted octanol–water partition coefficient (Wildman–Crippen LogP) is 3.79. The number of aryl methyl sites for hydroxylation is 2. The van der Waals surface area contributed by atoms with Gasteiger partial charge in [-0.3, -0.25) is 4.79 Å². The number of benzene rings is 2. The summed E-state index contributed by atoms with van der Waals surface area (Å²) in [6, 6.07) is 10.6. The van der Waals surface area contributed by atoms with Crippen LogP contribution in [0.1, 0.15) is 21.5 Å². The monoisotopic (exact) mass is 274 g/mol. The summed E-state index contributed by atoms with van der Waals surface area (Å²) in [6.07, 6.45) is 0. The van der Waals surface area contributed by atoms with Crippen LogP contribution < -0.4 is 11.1 Å². The molecule has 19 heavy (non-hydrogen) atoms. The molecule has 4 heteroatoms. The molecule has 2 rings (SSSR count). The molecular weight excluding hydrogens is 260 g/mol. The number of carbonyl (C=O) groups is 1. The maximum absolute atomic E-state index is 12.2. The lowest BCUT2D eigenvalue weighted by Gasteiger charge is -2.09. The zero-order valence-corrected chi connectivity index (χ0v) is 11.6. The molecule has 0 unspecified atom stereocenters. The van der Waals surface area contributed by atoms with Crippen LogP contribution in [0.5, 0.6) is 0 Å². The number of nitrogens with one attached hydrogen (secondary N) is 1. The fraction of sp³-hybridized carbons (Fsp3) is 0.133. The van der Waals surface area contributed by atoms with Gasteiger partial charge in [-0.2, -0.15) is 0 Å². The standard InChI is InChI=1S/C15H15ClN2O/c1-9-5-11(8-12(16)6-9)15(19)18-14-4-3-13(17)7-10(14)2/h3-8H,17H2,1-2H3,(H,18,19). The summed E-state index contributed by atoms with van der Waals surface area (Å²) in [6.45, 7) is 3.80. The molecule has 0 atom stereocenters. The highest BCUT2D eigenvalue weighted by Gasteiger charge is 2.09. The Morgan fingerprint density at radius 1 is 1.16 bits per heavy atom. The summed E-state index contributed by atoms with van der Waals surface area (Å²) >= 11 is 5.95. The molecule has 0 aromatic heterocycles. The third kappa shape index (κ3) is 3.26. The molecular formula is C15H15ClN2O. The van der Waals surface area contributed by atoms with Crippen molar-refractivity contribution in [1.29, 1.82) is 0 Å². The van der Waals surface area contributed by atoms with Crippen LogP contribution in [0.2, 0.25) is 5.02 Å². The van der Waals surface area contributed by atoms with Crippen LogP contribution in [-0.2, 0) is 0 Å². The van der Waals surface area contributed by atoms with E-state index in [0.29, 0.717) is 16.3 Å². The van der Waals surface area contributed by atoms with Crippen LogP contribution in [0.15, 0.2) is 36.4 Å². The number of amides is 1. The Hall–Kier alpha value is -2.00. The Balaban J connectivity index is 2.25. The summed E-state index contributed by atoms with van der Waals surface area (Å²) in [5.41, 5.74) is 9.52. The lowest BCUT2D eigenvalue weighted by Crippen LogP contribution is -2.13. The van der Waals surface area contributed by atoms with Crippen molar-refractivity contribution < 1.29 is 4.79 Å². The Bertz CT molecular complexity index is 618. The molecule has 2 aromatic carbocycles. The normalized spacial score (nSPS) is 10.3. The average molecular weight is 275 g/mol. The number of rotatable bonds is 2. The first-order valence-corrected chi connectivity index (χ1v) is 6.28. The minimum Gasteiger partial charge on any atom is -0.399 e.